The van der Waals surface area contributed by atoms with E-state index in [0.717, 1.165) is 50.9 Å². The number of carbonyl (C=O) groups excluding carboxylic acids is 1. The number of hydrogen-bond acceptors (Lipinski definition) is 2. The summed E-state index contributed by atoms with van der Waals surface area (Å²) in [6.07, 6.45) is 5.35. The first-order valence-electron chi connectivity index (χ1n) is 9.25. The predicted octanol–water partition coefficient (Wildman–Crippen LogP) is 2.95. The Kier molecular flexibility index (Phi) is 12.0. The van der Waals surface area contributed by atoms with E-state index in [2.05, 4.69) is 48.0 Å². The molecule has 0 bridgehead atoms. The molecule has 26 heavy (non-hydrogen) atoms. The van der Waals surface area contributed by atoms with E-state index in [9.17, 15) is 4.79 Å². The Morgan fingerprint density at radius 1 is 1.08 bits per heavy atom. The zero-order valence-electron chi connectivity index (χ0n) is 16.0. The van der Waals surface area contributed by atoms with Gasteiger partial charge in [-0.1, -0.05) is 75.3 Å². The van der Waals surface area contributed by atoms with Gasteiger partial charge in [0.05, 0.1) is 18.5 Å². The molecule has 4 nitrogen and oxygen atoms in total. The van der Waals surface area contributed by atoms with Crippen molar-refractivity contribution in [2.45, 2.75) is 51.4 Å². The van der Waals surface area contributed by atoms with Crippen molar-refractivity contribution in [1.29, 1.82) is 0 Å². The quantitative estimate of drug-likeness (QED) is 0.771. The lowest BCUT2D eigenvalue weighted by Crippen LogP contribution is -2.46. The van der Waals surface area contributed by atoms with E-state index in [0.29, 0.717) is 6.54 Å². The van der Waals surface area contributed by atoms with Gasteiger partial charge >= 0.3 is 0 Å². The normalized spacial score (nSPS) is 15.0. The summed E-state index contributed by atoms with van der Waals surface area (Å²) in [4.78, 5) is 15.2. The van der Waals surface area contributed by atoms with Gasteiger partial charge in [-0.15, -0.1) is 12.4 Å². The van der Waals surface area contributed by atoms with E-state index < -0.39 is 0 Å². The zero-order valence-corrected chi connectivity index (χ0v) is 16.8. The molecule has 0 spiro atoms. The molecule has 1 aliphatic rings. The number of benzene rings is 1. The lowest BCUT2D eigenvalue weighted by Gasteiger charge is -2.36. The molecule has 0 saturated heterocycles. The van der Waals surface area contributed by atoms with Crippen LogP contribution in [-0.2, 0) is 10.2 Å². The molecule has 0 aliphatic heterocycles. The molecule has 1 aromatic carbocycles. The number of halogens is 1. The molecule has 0 unspecified atom stereocenters. The fraction of sp³-hybridized carbons (Fsp3) is 0.571. The van der Waals surface area contributed by atoms with E-state index in [1.807, 2.05) is 18.2 Å². The van der Waals surface area contributed by atoms with Crippen molar-refractivity contribution < 1.29 is 10.3 Å². The fourth-order valence-corrected chi connectivity index (χ4v) is 3.53. The van der Waals surface area contributed by atoms with Crippen molar-refractivity contribution >= 4 is 18.3 Å². The van der Waals surface area contributed by atoms with Gasteiger partial charge in [-0.25, -0.2) is 0 Å². The molecular weight excluding hydrogens is 348 g/mol. The summed E-state index contributed by atoms with van der Waals surface area (Å²) in [6.45, 7) is 7.50. The zero-order chi connectivity index (χ0) is 17.3. The summed E-state index contributed by atoms with van der Waals surface area (Å²) >= 11 is 0. The maximum atomic E-state index is 12.9. The van der Waals surface area contributed by atoms with Crippen molar-refractivity contribution in [3.8, 4) is 11.8 Å². The molecule has 1 saturated carbocycles. The highest BCUT2D eigenvalue weighted by Gasteiger charge is 2.40. The number of amides is 1. The Bertz CT molecular complexity index is 571. The molecule has 2 rings (SSSR count). The standard InChI is InChI=1S/C21H30N2O.ClH.H2O/c1-3-23(4-2)18-12-11-17-22-20(24)21(15-9-6-10-16-21)19-13-7-5-8-14-19;;/h5,7-8,13-14H,3-4,6,9-10,15-18H2,1-2H3,(H,22,24);1H;1H2. The number of nitrogens with one attached hydrogen (secondary N) is 1. The third-order valence-electron chi connectivity index (χ3n) is 5.13. The Labute approximate surface area is 164 Å². The number of carbonyl (C=O) groups is 1. The average Bonchev–Trinajstić information content (AvgIpc) is 2.65. The van der Waals surface area contributed by atoms with Gasteiger partial charge in [0.25, 0.3) is 0 Å². The van der Waals surface area contributed by atoms with Crippen molar-refractivity contribution in [3.05, 3.63) is 35.9 Å². The van der Waals surface area contributed by atoms with Crippen LogP contribution in [0.3, 0.4) is 0 Å². The first-order chi connectivity index (χ1) is 11.7. The van der Waals surface area contributed by atoms with Gasteiger partial charge in [0.15, 0.2) is 0 Å². The highest BCUT2D eigenvalue weighted by atomic mass is 35.5. The van der Waals surface area contributed by atoms with Gasteiger partial charge < -0.3 is 10.8 Å². The molecule has 3 N–H and O–H groups in total. The molecule has 0 atom stereocenters. The van der Waals surface area contributed by atoms with Crippen molar-refractivity contribution in [2.75, 3.05) is 26.2 Å². The summed E-state index contributed by atoms with van der Waals surface area (Å²) in [5.41, 5.74) is 0.790. The lowest BCUT2D eigenvalue weighted by molar-refractivity contribution is -0.127. The fourth-order valence-electron chi connectivity index (χ4n) is 3.53. The highest BCUT2D eigenvalue weighted by molar-refractivity contribution is 5.88. The van der Waals surface area contributed by atoms with Crippen LogP contribution in [0.25, 0.3) is 0 Å². The van der Waals surface area contributed by atoms with E-state index in [1.165, 1.54) is 6.42 Å². The summed E-state index contributed by atoms with van der Waals surface area (Å²) in [6, 6.07) is 10.3. The SMILES string of the molecule is CCN(CC)CC#CCNC(=O)C1(c2ccccc2)CCCCC1.Cl.O. The molecular formula is C21H33ClN2O2. The van der Waals surface area contributed by atoms with Crippen LogP contribution in [0.1, 0.15) is 51.5 Å². The second kappa shape index (κ2) is 12.8. The minimum atomic E-state index is -0.361. The van der Waals surface area contributed by atoms with Gasteiger partial charge in [-0.3, -0.25) is 9.69 Å². The van der Waals surface area contributed by atoms with Crippen molar-refractivity contribution in [3.63, 3.8) is 0 Å². The summed E-state index contributed by atoms with van der Waals surface area (Å²) < 4.78 is 0. The Morgan fingerprint density at radius 2 is 1.69 bits per heavy atom. The topological polar surface area (TPSA) is 63.8 Å². The second-order valence-electron chi connectivity index (χ2n) is 6.51. The smallest absolute Gasteiger partial charge is 0.231 e. The third kappa shape index (κ3) is 6.32. The van der Waals surface area contributed by atoms with Crippen LogP contribution in [0.4, 0.5) is 0 Å². The van der Waals surface area contributed by atoms with E-state index in [4.69, 9.17) is 0 Å². The van der Waals surface area contributed by atoms with Gasteiger partial charge in [0, 0.05) is 0 Å². The van der Waals surface area contributed by atoms with Crippen molar-refractivity contribution in [1.82, 2.24) is 10.2 Å². The van der Waals surface area contributed by atoms with Crippen LogP contribution in [-0.4, -0.2) is 42.5 Å². The lowest BCUT2D eigenvalue weighted by atomic mass is 9.68. The third-order valence-corrected chi connectivity index (χ3v) is 5.13. The molecule has 0 aromatic heterocycles. The predicted molar refractivity (Wildman–Crippen MR) is 111 cm³/mol. The minimum absolute atomic E-state index is 0. The van der Waals surface area contributed by atoms with Crippen LogP contribution in [0.2, 0.25) is 0 Å². The molecule has 1 amide bonds. The second-order valence-corrected chi connectivity index (χ2v) is 6.51. The Hall–Kier alpha value is -1.54. The maximum absolute atomic E-state index is 12.9. The van der Waals surface area contributed by atoms with Crippen LogP contribution < -0.4 is 5.32 Å². The van der Waals surface area contributed by atoms with Gasteiger partial charge in [0.2, 0.25) is 5.91 Å². The molecule has 1 aliphatic carbocycles. The molecule has 146 valence electrons. The van der Waals surface area contributed by atoms with Gasteiger partial charge in [0.1, 0.15) is 0 Å². The number of rotatable bonds is 6. The largest absolute Gasteiger partial charge is 0.412 e. The van der Waals surface area contributed by atoms with Gasteiger partial charge in [-0.05, 0) is 31.5 Å². The maximum Gasteiger partial charge on any atom is 0.231 e. The van der Waals surface area contributed by atoms with Crippen LogP contribution in [0.5, 0.6) is 0 Å². The monoisotopic (exact) mass is 380 g/mol. The van der Waals surface area contributed by atoms with E-state index in [1.54, 1.807) is 0 Å². The summed E-state index contributed by atoms with van der Waals surface area (Å²) in [7, 11) is 0. The molecule has 1 aromatic rings. The Balaban J connectivity index is 0.00000312. The molecule has 0 radical (unpaired) electrons. The van der Waals surface area contributed by atoms with E-state index >= 15 is 0 Å². The number of hydrogen-bond donors (Lipinski definition) is 1. The van der Waals surface area contributed by atoms with Gasteiger partial charge in [-0.2, -0.15) is 0 Å². The first kappa shape index (κ1) is 24.5. The Morgan fingerprint density at radius 3 is 2.27 bits per heavy atom. The first-order valence-corrected chi connectivity index (χ1v) is 9.25. The van der Waals surface area contributed by atoms with Crippen LogP contribution in [0, 0.1) is 11.8 Å². The summed E-state index contributed by atoms with van der Waals surface area (Å²) in [5, 5.41) is 3.07. The highest BCUT2D eigenvalue weighted by Crippen LogP contribution is 2.39. The van der Waals surface area contributed by atoms with Crippen molar-refractivity contribution in [2.24, 2.45) is 0 Å². The number of nitrogens with zero attached hydrogens (tertiary/aromatic N) is 1. The minimum Gasteiger partial charge on any atom is -0.412 e. The summed E-state index contributed by atoms with van der Waals surface area (Å²) in [5.74, 6) is 6.40. The molecule has 1 fully saturated rings. The van der Waals surface area contributed by atoms with E-state index in [-0.39, 0.29) is 29.2 Å². The molecule has 5 heteroatoms. The van der Waals surface area contributed by atoms with Crippen LogP contribution >= 0.6 is 12.4 Å². The molecule has 0 heterocycles. The van der Waals surface area contributed by atoms with Crippen LogP contribution in [0.15, 0.2) is 30.3 Å². The average molecular weight is 381 g/mol.